The Bertz CT molecular complexity index is 1090. The zero-order chi connectivity index (χ0) is 19.9. The van der Waals surface area contributed by atoms with Crippen molar-refractivity contribution in [3.8, 4) is 16.8 Å². The molecule has 0 bridgehead atoms. The number of hydrogen-bond acceptors (Lipinski definition) is 3. The summed E-state index contributed by atoms with van der Waals surface area (Å²) in [7, 11) is 0. The largest absolute Gasteiger partial charge is 0.478 e. The van der Waals surface area contributed by atoms with Gasteiger partial charge in [0.1, 0.15) is 0 Å². The van der Waals surface area contributed by atoms with Crippen molar-refractivity contribution < 1.29 is 19.8 Å². The van der Waals surface area contributed by atoms with Gasteiger partial charge in [0.15, 0.2) is 0 Å². The molecule has 0 aliphatic heterocycles. The van der Waals surface area contributed by atoms with Gasteiger partial charge in [-0.05, 0) is 49.7 Å². The maximum absolute atomic E-state index is 11.4. The molecule has 0 unspecified atom stereocenters. The van der Waals surface area contributed by atoms with E-state index in [0.29, 0.717) is 16.9 Å². The monoisotopic (exact) mass is 404 g/mol. The Kier molecular flexibility index (Phi) is 4.95. The molecule has 3 rings (SSSR count). The molecule has 0 spiro atoms. The van der Waals surface area contributed by atoms with E-state index in [2.05, 4.69) is 5.10 Å². The molecule has 2 N–H and O–H groups in total. The van der Waals surface area contributed by atoms with E-state index in [-0.39, 0.29) is 21.2 Å². The lowest BCUT2D eigenvalue weighted by Crippen LogP contribution is -2.03. The lowest BCUT2D eigenvalue weighted by Gasteiger charge is -2.08. The van der Waals surface area contributed by atoms with E-state index in [0.717, 1.165) is 11.3 Å². The van der Waals surface area contributed by atoms with Gasteiger partial charge in [0, 0.05) is 11.3 Å². The Labute approximate surface area is 164 Å². The predicted octanol–water partition coefficient (Wildman–Crippen LogP) is 4.86. The van der Waals surface area contributed by atoms with E-state index in [1.807, 2.05) is 6.92 Å². The van der Waals surface area contributed by atoms with Crippen LogP contribution in [0.2, 0.25) is 10.0 Å². The summed E-state index contributed by atoms with van der Waals surface area (Å²) in [4.78, 5) is 22.7. The van der Waals surface area contributed by atoms with E-state index in [1.54, 1.807) is 23.7 Å². The van der Waals surface area contributed by atoms with Crippen LogP contribution in [0.1, 0.15) is 32.1 Å². The van der Waals surface area contributed by atoms with Gasteiger partial charge in [-0.1, -0.05) is 29.3 Å². The molecule has 3 aromatic rings. The van der Waals surface area contributed by atoms with E-state index in [1.165, 1.54) is 24.3 Å². The van der Waals surface area contributed by atoms with Crippen molar-refractivity contribution in [3.05, 3.63) is 69.0 Å². The number of hydrogen-bond donors (Lipinski definition) is 2. The SMILES string of the molecule is Cc1nn(-c2ccc(Cl)c(C(=O)O)c2)c(C)c1-c1ccc(Cl)c(C(=O)O)c1. The minimum atomic E-state index is -1.13. The Hall–Kier alpha value is -2.83. The van der Waals surface area contributed by atoms with Gasteiger partial charge >= 0.3 is 11.9 Å². The number of nitrogens with zero attached hydrogens (tertiary/aromatic N) is 2. The first-order chi connectivity index (χ1) is 12.7. The number of carboxylic acid groups (broad SMARTS) is 2. The molecule has 0 amide bonds. The summed E-state index contributed by atoms with van der Waals surface area (Å²) in [6.45, 7) is 3.61. The Morgan fingerprint density at radius 3 is 2.07 bits per heavy atom. The van der Waals surface area contributed by atoms with E-state index in [4.69, 9.17) is 23.2 Å². The summed E-state index contributed by atoms with van der Waals surface area (Å²) >= 11 is 11.9. The topological polar surface area (TPSA) is 92.4 Å². The van der Waals surface area contributed by atoms with Crippen molar-refractivity contribution in [1.82, 2.24) is 9.78 Å². The molecule has 1 heterocycles. The first kappa shape index (κ1) is 18.9. The molecule has 0 atom stereocenters. The van der Waals surface area contributed by atoms with Crippen molar-refractivity contribution in [1.29, 1.82) is 0 Å². The van der Waals surface area contributed by atoms with Crippen LogP contribution >= 0.6 is 23.2 Å². The van der Waals surface area contributed by atoms with Gasteiger partial charge in [0.25, 0.3) is 0 Å². The summed E-state index contributed by atoms with van der Waals surface area (Å²) in [6.07, 6.45) is 0. The van der Waals surface area contributed by atoms with Gasteiger partial charge in [-0.2, -0.15) is 5.10 Å². The van der Waals surface area contributed by atoms with E-state index < -0.39 is 11.9 Å². The minimum absolute atomic E-state index is 0.000345. The van der Waals surface area contributed by atoms with Crippen LogP contribution in [0, 0.1) is 13.8 Å². The molecule has 138 valence electrons. The highest BCUT2D eigenvalue weighted by Gasteiger charge is 2.19. The molecule has 0 saturated heterocycles. The lowest BCUT2D eigenvalue weighted by molar-refractivity contribution is 0.0686. The Balaban J connectivity index is 2.17. The highest BCUT2D eigenvalue weighted by Crippen LogP contribution is 2.32. The third-order valence-electron chi connectivity index (χ3n) is 4.20. The zero-order valence-corrected chi connectivity index (χ0v) is 15.8. The molecule has 1 aromatic heterocycles. The molecule has 6 nitrogen and oxygen atoms in total. The first-order valence-corrected chi connectivity index (χ1v) is 8.59. The second-order valence-corrected chi connectivity index (χ2v) is 6.74. The standard InChI is InChI=1S/C19H14Cl2N2O4/c1-9-17(11-3-5-15(20)13(7-11)18(24)25)10(2)23(22-9)12-4-6-16(21)14(8-12)19(26)27/h3-8H,1-2H3,(H,24,25)(H,26,27). The Morgan fingerprint density at radius 2 is 1.48 bits per heavy atom. The number of halogens is 2. The third-order valence-corrected chi connectivity index (χ3v) is 4.86. The van der Waals surface area contributed by atoms with Gasteiger partial charge in [0.05, 0.1) is 32.6 Å². The molecule has 27 heavy (non-hydrogen) atoms. The molecular weight excluding hydrogens is 391 g/mol. The fourth-order valence-corrected chi connectivity index (χ4v) is 3.36. The number of aromatic carboxylic acids is 2. The number of carbonyl (C=O) groups is 2. The average molecular weight is 405 g/mol. The van der Waals surface area contributed by atoms with Crippen LogP contribution in [0.4, 0.5) is 0 Å². The third kappa shape index (κ3) is 3.41. The molecule has 2 aromatic carbocycles. The highest BCUT2D eigenvalue weighted by atomic mass is 35.5. The zero-order valence-electron chi connectivity index (χ0n) is 14.3. The fourth-order valence-electron chi connectivity index (χ4n) is 2.97. The average Bonchev–Trinajstić information content (AvgIpc) is 2.90. The summed E-state index contributed by atoms with van der Waals surface area (Å²) in [5.74, 6) is -2.25. The molecule has 0 radical (unpaired) electrons. The second-order valence-electron chi connectivity index (χ2n) is 5.93. The van der Waals surface area contributed by atoms with Crippen LogP contribution in [0.25, 0.3) is 16.8 Å². The van der Waals surface area contributed by atoms with Crippen molar-refractivity contribution in [2.45, 2.75) is 13.8 Å². The van der Waals surface area contributed by atoms with Gasteiger partial charge in [0.2, 0.25) is 0 Å². The number of rotatable bonds is 4. The number of carboxylic acids is 2. The summed E-state index contributed by atoms with van der Waals surface area (Å²) in [6, 6.07) is 9.36. The molecule has 0 aliphatic carbocycles. The maximum atomic E-state index is 11.4. The van der Waals surface area contributed by atoms with Crippen molar-refractivity contribution in [2.24, 2.45) is 0 Å². The highest BCUT2D eigenvalue weighted by molar-refractivity contribution is 6.34. The maximum Gasteiger partial charge on any atom is 0.337 e. The van der Waals surface area contributed by atoms with Crippen LogP contribution in [-0.2, 0) is 0 Å². The van der Waals surface area contributed by atoms with Crippen molar-refractivity contribution in [3.63, 3.8) is 0 Å². The van der Waals surface area contributed by atoms with Crippen LogP contribution in [-0.4, -0.2) is 31.9 Å². The summed E-state index contributed by atoms with van der Waals surface area (Å²) in [5, 5.41) is 23.3. The van der Waals surface area contributed by atoms with Crippen LogP contribution in [0.5, 0.6) is 0 Å². The summed E-state index contributed by atoms with van der Waals surface area (Å²) < 4.78 is 1.60. The van der Waals surface area contributed by atoms with Crippen LogP contribution in [0.15, 0.2) is 36.4 Å². The van der Waals surface area contributed by atoms with Gasteiger partial charge < -0.3 is 10.2 Å². The van der Waals surface area contributed by atoms with E-state index >= 15 is 0 Å². The lowest BCUT2D eigenvalue weighted by atomic mass is 10.0. The van der Waals surface area contributed by atoms with E-state index in [9.17, 15) is 19.8 Å². The number of benzene rings is 2. The molecule has 0 saturated carbocycles. The number of aryl methyl sites for hydroxylation is 1. The molecule has 8 heteroatoms. The molecule has 0 fully saturated rings. The quantitative estimate of drug-likeness (QED) is 0.647. The minimum Gasteiger partial charge on any atom is -0.478 e. The van der Waals surface area contributed by atoms with Crippen LogP contribution in [0.3, 0.4) is 0 Å². The van der Waals surface area contributed by atoms with Gasteiger partial charge in [-0.15, -0.1) is 0 Å². The smallest absolute Gasteiger partial charge is 0.337 e. The van der Waals surface area contributed by atoms with Crippen molar-refractivity contribution >= 4 is 35.1 Å². The predicted molar refractivity (Wildman–Crippen MR) is 102 cm³/mol. The van der Waals surface area contributed by atoms with Crippen LogP contribution < -0.4 is 0 Å². The second kappa shape index (κ2) is 7.06. The first-order valence-electron chi connectivity index (χ1n) is 7.83. The normalized spacial score (nSPS) is 10.8. The van der Waals surface area contributed by atoms with Gasteiger partial charge in [-0.25, -0.2) is 14.3 Å². The number of aromatic nitrogens is 2. The van der Waals surface area contributed by atoms with Crippen molar-refractivity contribution in [2.75, 3.05) is 0 Å². The fraction of sp³-hybridized carbons (Fsp3) is 0.105. The van der Waals surface area contributed by atoms with Gasteiger partial charge in [-0.3, -0.25) is 0 Å². The molecule has 0 aliphatic rings. The Morgan fingerprint density at radius 1 is 0.926 bits per heavy atom. The summed E-state index contributed by atoms with van der Waals surface area (Å²) in [5.41, 5.74) is 3.31. The molecular formula is C19H14Cl2N2O4.